The molecule has 0 aliphatic rings. The van der Waals surface area contributed by atoms with Crippen LogP contribution < -0.4 is 9.62 Å². The minimum Gasteiger partial charge on any atom is -0.350 e. The normalized spacial score (nSPS) is 12.4. The number of para-hydroxylation sites is 1. The van der Waals surface area contributed by atoms with Crippen LogP contribution in [0, 0.1) is 6.92 Å². The van der Waals surface area contributed by atoms with Crippen LogP contribution >= 0.6 is 0 Å². The summed E-state index contributed by atoms with van der Waals surface area (Å²) in [5.74, 6) is -0.307. The second kappa shape index (κ2) is 8.16. The number of anilines is 1. The number of carbonyl (C=O) groups excluding carboxylic acids is 1. The van der Waals surface area contributed by atoms with Crippen LogP contribution in [0.3, 0.4) is 0 Å². The fourth-order valence-corrected chi connectivity index (χ4v) is 3.98. The van der Waals surface area contributed by atoms with Crippen molar-refractivity contribution in [2.45, 2.75) is 32.9 Å². The van der Waals surface area contributed by atoms with Crippen molar-refractivity contribution < 1.29 is 13.2 Å². The average Bonchev–Trinajstić information content (AvgIpc) is 2.57. The Labute approximate surface area is 149 Å². The van der Waals surface area contributed by atoms with E-state index in [0.717, 1.165) is 17.4 Å². The number of hydrogen-bond donors (Lipinski definition) is 1. The maximum atomic E-state index is 12.7. The molecule has 6 heteroatoms. The van der Waals surface area contributed by atoms with Crippen molar-refractivity contribution in [3.05, 3.63) is 65.7 Å². The number of amides is 1. The molecule has 5 nitrogen and oxygen atoms in total. The SMILES string of the molecule is CCC(C(=O)NCc1cccc(C)c1)N(c1ccccc1)S(C)(=O)=O. The van der Waals surface area contributed by atoms with Crippen molar-refractivity contribution in [2.75, 3.05) is 10.6 Å². The number of carbonyl (C=O) groups is 1. The van der Waals surface area contributed by atoms with Crippen molar-refractivity contribution in [3.8, 4) is 0 Å². The van der Waals surface area contributed by atoms with Crippen LogP contribution in [0.5, 0.6) is 0 Å². The third-order valence-electron chi connectivity index (χ3n) is 3.89. The molecular weight excluding hydrogens is 336 g/mol. The zero-order valence-electron chi connectivity index (χ0n) is 14.8. The predicted octanol–water partition coefficient (Wildman–Crippen LogP) is 2.86. The zero-order valence-corrected chi connectivity index (χ0v) is 15.6. The summed E-state index contributed by atoms with van der Waals surface area (Å²) in [5.41, 5.74) is 2.58. The molecule has 1 amide bonds. The van der Waals surface area contributed by atoms with Gasteiger partial charge in [0.25, 0.3) is 0 Å². The molecule has 0 bridgehead atoms. The molecule has 2 aromatic rings. The molecule has 2 rings (SSSR count). The van der Waals surface area contributed by atoms with Crippen LogP contribution in [0.25, 0.3) is 0 Å². The molecule has 1 atom stereocenters. The molecule has 0 spiro atoms. The van der Waals surface area contributed by atoms with Gasteiger partial charge in [0.1, 0.15) is 6.04 Å². The van der Waals surface area contributed by atoms with Crippen molar-refractivity contribution in [1.29, 1.82) is 0 Å². The van der Waals surface area contributed by atoms with Gasteiger partial charge < -0.3 is 5.32 Å². The van der Waals surface area contributed by atoms with Gasteiger partial charge in [-0.05, 0) is 31.0 Å². The number of aryl methyl sites for hydroxylation is 1. The first-order valence-corrected chi connectivity index (χ1v) is 10.1. The average molecular weight is 360 g/mol. The Morgan fingerprint density at radius 3 is 2.36 bits per heavy atom. The van der Waals surface area contributed by atoms with E-state index in [-0.39, 0.29) is 5.91 Å². The highest BCUT2D eigenvalue weighted by atomic mass is 32.2. The van der Waals surface area contributed by atoms with Gasteiger partial charge in [-0.3, -0.25) is 9.10 Å². The highest BCUT2D eigenvalue weighted by molar-refractivity contribution is 7.92. The fraction of sp³-hybridized carbons (Fsp3) is 0.316. The highest BCUT2D eigenvalue weighted by Crippen LogP contribution is 2.22. The largest absolute Gasteiger partial charge is 0.350 e. The van der Waals surface area contributed by atoms with E-state index < -0.39 is 16.1 Å². The van der Waals surface area contributed by atoms with Crippen LogP contribution in [-0.4, -0.2) is 26.6 Å². The summed E-state index contributed by atoms with van der Waals surface area (Å²) in [6.07, 6.45) is 1.50. The Balaban J connectivity index is 2.21. The number of benzene rings is 2. The molecule has 0 aliphatic heterocycles. The van der Waals surface area contributed by atoms with Crippen molar-refractivity contribution in [1.82, 2.24) is 5.32 Å². The Bertz CT molecular complexity index is 820. The summed E-state index contributed by atoms with van der Waals surface area (Å²) in [6.45, 7) is 4.16. The number of nitrogens with zero attached hydrogens (tertiary/aromatic N) is 1. The summed E-state index contributed by atoms with van der Waals surface area (Å²) in [4.78, 5) is 12.7. The molecule has 1 N–H and O–H groups in total. The minimum absolute atomic E-state index is 0.307. The summed E-state index contributed by atoms with van der Waals surface area (Å²) in [7, 11) is -3.59. The number of sulfonamides is 1. The van der Waals surface area contributed by atoms with Crippen LogP contribution in [0.15, 0.2) is 54.6 Å². The van der Waals surface area contributed by atoms with Crippen LogP contribution in [-0.2, 0) is 21.4 Å². The highest BCUT2D eigenvalue weighted by Gasteiger charge is 2.31. The lowest BCUT2D eigenvalue weighted by atomic mass is 10.1. The van der Waals surface area contributed by atoms with Gasteiger partial charge in [-0.2, -0.15) is 0 Å². The molecule has 2 aromatic carbocycles. The third kappa shape index (κ3) is 5.06. The molecule has 0 fully saturated rings. The molecule has 0 aromatic heterocycles. The quantitative estimate of drug-likeness (QED) is 0.826. The van der Waals surface area contributed by atoms with Gasteiger partial charge in [0.05, 0.1) is 11.9 Å². The minimum atomic E-state index is -3.59. The van der Waals surface area contributed by atoms with E-state index in [2.05, 4.69) is 5.32 Å². The third-order valence-corrected chi connectivity index (χ3v) is 5.07. The van der Waals surface area contributed by atoms with Gasteiger partial charge in [0, 0.05) is 6.54 Å². The fourth-order valence-electron chi connectivity index (χ4n) is 2.76. The second-order valence-electron chi connectivity index (χ2n) is 6.03. The first-order chi connectivity index (χ1) is 11.8. The molecule has 134 valence electrons. The summed E-state index contributed by atoms with van der Waals surface area (Å²) >= 11 is 0. The molecule has 1 unspecified atom stereocenters. The van der Waals surface area contributed by atoms with E-state index in [1.165, 1.54) is 4.31 Å². The molecule has 0 saturated heterocycles. The van der Waals surface area contributed by atoms with Crippen LogP contribution in [0.4, 0.5) is 5.69 Å². The number of nitrogens with one attached hydrogen (secondary N) is 1. The van der Waals surface area contributed by atoms with Gasteiger partial charge >= 0.3 is 0 Å². The lowest BCUT2D eigenvalue weighted by Gasteiger charge is -2.30. The van der Waals surface area contributed by atoms with Gasteiger partial charge in [-0.15, -0.1) is 0 Å². The van der Waals surface area contributed by atoms with E-state index in [1.807, 2.05) is 37.3 Å². The summed E-state index contributed by atoms with van der Waals surface area (Å²) < 4.78 is 25.8. The van der Waals surface area contributed by atoms with Crippen LogP contribution in [0.2, 0.25) is 0 Å². The molecular formula is C19H24N2O3S. The van der Waals surface area contributed by atoms with Gasteiger partial charge in [0.2, 0.25) is 15.9 Å². The first-order valence-electron chi connectivity index (χ1n) is 8.20. The Morgan fingerprint density at radius 1 is 1.12 bits per heavy atom. The van der Waals surface area contributed by atoms with E-state index >= 15 is 0 Å². The van der Waals surface area contributed by atoms with E-state index in [9.17, 15) is 13.2 Å². The van der Waals surface area contributed by atoms with Gasteiger partial charge in [-0.25, -0.2) is 8.42 Å². The number of rotatable bonds is 7. The van der Waals surface area contributed by atoms with Crippen LogP contribution in [0.1, 0.15) is 24.5 Å². The topological polar surface area (TPSA) is 66.5 Å². The van der Waals surface area contributed by atoms with Crippen molar-refractivity contribution in [2.24, 2.45) is 0 Å². The Hall–Kier alpha value is -2.34. The van der Waals surface area contributed by atoms with Gasteiger partial charge in [-0.1, -0.05) is 55.0 Å². The monoisotopic (exact) mass is 360 g/mol. The van der Waals surface area contributed by atoms with E-state index in [0.29, 0.717) is 18.7 Å². The van der Waals surface area contributed by atoms with Crippen molar-refractivity contribution >= 4 is 21.6 Å². The lowest BCUT2D eigenvalue weighted by Crippen LogP contribution is -2.49. The summed E-state index contributed by atoms with van der Waals surface area (Å²) in [5, 5.41) is 2.85. The maximum absolute atomic E-state index is 12.7. The number of hydrogen-bond acceptors (Lipinski definition) is 3. The van der Waals surface area contributed by atoms with Gasteiger partial charge in [0.15, 0.2) is 0 Å². The smallest absolute Gasteiger partial charge is 0.244 e. The zero-order chi connectivity index (χ0) is 18.4. The van der Waals surface area contributed by atoms with E-state index in [1.54, 1.807) is 31.2 Å². The summed E-state index contributed by atoms with van der Waals surface area (Å²) in [6, 6.07) is 15.8. The molecule has 0 heterocycles. The molecule has 0 radical (unpaired) electrons. The molecule has 0 saturated carbocycles. The van der Waals surface area contributed by atoms with Crippen molar-refractivity contribution in [3.63, 3.8) is 0 Å². The first kappa shape index (κ1) is 19.0. The maximum Gasteiger partial charge on any atom is 0.244 e. The molecule has 0 aliphatic carbocycles. The predicted molar refractivity (Wildman–Crippen MR) is 101 cm³/mol. The second-order valence-corrected chi connectivity index (χ2v) is 7.88. The standard InChI is InChI=1S/C19H24N2O3S/c1-4-18(19(22)20-14-16-10-8-9-15(2)13-16)21(25(3,23)24)17-11-6-5-7-12-17/h5-13,18H,4,14H2,1-3H3,(H,20,22). The Morgan fingerprint density at radius 2 is 1.80 bits per heavy atom. The Kier molecular flexibility index (Phi) is 6.20. The lowest BCUT2D eigenvalue weighted by molar-refractivity contribution is -0.122. The molecule has 25 heavy (non-hydrogen) atoms. The van der Waals surface area contributed by atoms with E-state index in [4.69, 9.17) is 0 Å².